The average molecular weight is 214 g/mol. The minimum atomic E-state index is -0.779. The molecule has 86 valence electrons. The highest BCUT2D eigenvalue weighted by atomic mass is 16.4. The van der Waals surface area contributed by atoms with Gasteiger partial charge in [-0.15, -0.1) is 0 Å². The molecule has 1 atom stereocenters. The Morgan fingerprint density at radius 2 is 2.13 bits per heavy atom. The molecule has 0 aromatic carbocycles. The highest BCUT2D eigenvalue weighted by molar-refractivity contribution is 5.79. The van der Waals surface area contributed by atoms with Crippen LogP contribution in [0, 0.1) is 11.8 Å². The van der Waals surface area contributed by atoms with Crippen LogP contribution in [0.4, 0.5) is 0 Å². The van der Waals surface area contributed by atoms with Crippen LogP contribution < -0.4 is 5.32 Å². The third kappa shape index (κ3) is 2.92. The van der Waals surface area contributed by atoms with Crippen molar-refractivity contribution in [2.24, 2.45) is 11.8 Å². The zero-order valence-electron chi connectivity index (χ0n) is 9.19. The number of hydrogen-bond donors (Lipinski definition) is 2. The van der Waals surface area contributed by atoms with E-state index in [2.05, 4.69) is 5.32 Å². The fraction of sp³-hybridized carbons (Fsp3) is 0.800. The van der Waals surface area contributed by atoms with E-state index in [0.29, 0.717) is 19.6 Å². The summed E-state index contributed by atoms with van der Waals surface area (Å²) in [6.07, 6.45) is 0. The fourth-order valence-corrected chi connectivity index (χ4v) is 1.58. The van der Waals surface area contributed by atoms with Gasteiger partial charge in [-0.25, -0.2) is 0 Å². The maximum atomic E-state index is 11.4. The zero-order chi connectivity index (χ0) is 11.4. The molecule has 1 amide bonds. The summed E-state index contributed by atoms with van der Waals surface area (Å²) in [5.41, 5.74) is 0. The van der Waals surface area contributed by atoms with Crippen LogP contribution in [0.15, 0.2) is 0 Å². The lowest BCUT2D eigenvalue weighted by Crippen LogP contribution is -2.55. The highest BCUT2D eigenvalue weighted by Crippen LogP contribution is 2.23. The van der Waals surface area contributed by atoms with Crippen molar-refractivity contribution in [1.82, 2.24) is 10.2 Å². The molecule has 1 aliphatic rings. The van der Waals surface area contributed by atoms with Crippen molar-refractivity contribution in [1.29, 1.82) is 0 Å². The number of nitrogens with one attached hydrogen (secondary N) is 1. The first-order valence-corrected chi connectivity index (χ1v) is 5.27. The van der Waals surface area contributed by atoms with Gasteiger partial charge in [0.1, 0.15) is 0 Å². The predicted octanol–water partition coefficient (Wildman–Crippen LogP) is -0.225. The van der Waals surface area contributed by atoms with Crippen LogP contribution in [0.25, 0.3) is 0 Å². The van der Waals surface area contributed by atoms with Gasteiger partial charge in [0.25, 0.3) is 0 Å². The molecule has 0 spiro atoms. The number of carboxylic acids is 1. The largest absolute Gasteiger partial charge is 0.481 e. The second kappa shape index (κ2) is 5.11. The molecule has 2 N–H and O–H groups in total. The minimum Gasteiger partial charge on any atom is -0.481 e. The first kappa shape index (κ1) is 12.0. The lowest BCUT2D eigenvalue weighted by molar-refractivity contribution is -0.150. The average Bonchev–Trinajstić information content (AvgIpc) is 2.11. The molecule has 5 heteroatoms. The molecule has 0 radical (unpaired) electrons. The van der Waals surface area contributed by atoms with Crippen LogP contribution in [0.5, 0.6) is 0 Å². The molecule has 1 heterocycles. The Balaban J connectivity index is 2.25. The number of carboxylic acid groups (broad SMARTS) is 1. The van der Waals surface area contributed by atoms with E-state index < -0.39 is 5.97 Å². The van der Waals surface area contributed by atoms with Crippen LogP contribution >= 0.6 is 0 Å². The quantitative estimate of drug-likeness (QED) is 0.663. The van der Waals surface area contributed by atoms with Gasteiger partial charge in [-0.3, -0.25) is 9.59 Å². The van der Waals surface area contributed by atoms with Crippen LogP contribution in [-0.4, -0.2) is 48.1 Å². The molecule has 1 fully saturated rings. The lowest BCUT2D eigenvalue weighted by Gasteiger charge is -2.41. The topological polar surface area (TPSA) is 69.6 Å². The van der Waals surface area contributed by atoms with Crippen LogP contribution in [0.2, 0.25) is 0 Å². The number of likely N-dealkylation sites (tertiary alicyclic amines) is 1. The number of carbonyl (C=O) groups is 2. The molecular weight excluding hydrogens is 196 g/mol. The standard InChI is InChI=1S/C10H18N2O3/c1-3-11-4-9(13)12-5-8(6-12)7(2)10(14)15/h7-8,11H,3-6H2,1-2H3,(H,14,15). The summed E-state index contributed by atoms with van der Waals surface area (Å²) in [5.74, 6) is -0.953. The van der Waals surface area contributed by atoms with Crippen molar-refractivity contribution >= 4 is 11.9 Å². The molecule has 0 aromatic heterocycles. The van der Waals surface area contributed by atoms with E-state index in [1.54, 1.807) is 11.8 Å². The summed E-state index contributed by atoms with van der Waals surface area (Å²) in [5, 5.41) is 11.7. The van der Waals surface area contributed by atoms with Crippen LogP contribution in [-0.2, 0) is 9.59 Å². The molecule has 0 bridgehead atoms. The predicted molar refractivity (Wildman–Crippen MR) is 55.4 cm³/mol. The molecule has 0 saturated carbocycles. The Bertz CT molecular complexity index is 249. The Kier molecular flexibility index (Phi) is 4.08. The van der Waals surface area contributed by atoms with E-state index in [0.717, 1.165) is 6.54 Å². The Morgan fingerprint density at radius 1 is 1.53 bits per heavy atom. The van der Waals surface area contributed by atoms with Crippen molar-refractivity contribution in [2.45, 2.75) is 13.8 Å². The van der Waals surface area contributed by atoms with Gasteiger partial charge in [-0.2, -0.15) is 0 Å². The zero-order valence-corrected chi connectivity index (χ0v) is 9.19. The molecule has 0 aliphatic carbocycles. The normalized spacial score (nSPS) is 18.4. The SMILES string of the molecule is CCNCC(=O)N1CC(C(C)C(=O)O)C1. The third-order valence-electron chi connectivity index (χ3n) is 2.89. The maximum Gasteiger partial charge on any atom is 0.306 e. The summed E-state index contributed by atoms with van der Waals surface area (Å²) in [6.45, 7) is 5.92. The summed E-state index contributed by atoms with van der Waals surface area (Å²) < 4.78 is 0. The molecule has 0 aromatic rings. The lowest BCUT2D eigenvalue weighted by atomic mass is 9.87. The van der Waals surface area contributed by atoms with Crippen LogP contribution in [0.3, 0.4) is 0 Å². The van der Waals surface area contributed by atoms with E-state index >= 15 is 0 Å². The van der Waals surface area contributed by atoms with Gasteiger partial charge in [-0.05, 0) is 6.54 Å². The van der Waals surface area contributed by atoms with Crippen molar-refractivity contribution in [2.75, 3.05) is 26.2 Å². The van der Waals surface area contributed by atoms with Gasteiger partial charge >= 0.3 is 5.97 Å². The van der Waals surface area contributed by atoms with Gasteiger partial charge in [0.2, 0.25) is 5.91 Å². The number of hydrogen-bond acceptors (Lipinski definition) is 3. The molecule has 1 rings (SSSR count). The van der Waals surface area contributed by atoms with Crippen molar-refractivity contribution < 1.29 is 14.7 Å². The first-order valence-electron chi connectivity index (χ1n) is 5.27. The van der Waals surface area contributed by atoms with Gasteiger partial charge in [0.05, 0.1) is 12.5 Å². The smallest absolute Gasteiger partial charge is 0.306 e. The van der Waals surface area contributed by atoms with Gasteiger partial charge < -0.3 is 15.3 Å². The maximum absolute atomic E-state index is 11.4. The third-order valence-corrected chi connectivity index (χ3v) is 2.89. The van der Waals surface area contributed by atoms with Gasteiger partial charge in [-0.1, -0.05) is 13.8 Å². The minimum absolute atomic E-state index is 0.0608. The molecule has 15 heavy (non-hydrogen) atoms. The molecule has 1 unspecified atom stereocenters. The fourth-order valence-electron chi connectivity index (χ4n) is 1.58. The Hall–Kier alpha value is -1.10. The number of aliphatic carboxylic acids is 1. The monoisotopic (exact) mass is 214 g/mol. The van der Waals surface area contributed by atoms with E-state index in [4.69, 9.17) is 5.11 Å². The van der Waals surface area contributed by atoms with Crippen LogP contribution in [0.1, 0.15) is 13.8 Å². The number of rotatable bonds is 5. The van der Waals surface area contributed by atoms with Gasteiger partial charge in [0.15, 0.2) is 0 Å². The number of nitrogens with zero attached hydrogens (tertiary/aromatic N) is 1. The van der Waals surface area contributed by atoms with E-state index in [-0.39, 0.29) is 17.7 Å². The molecular formula is C10H18N2O3. The van der Waals surface area contributed by atoms with Crippen molar-refractivity contribution in [3.8, 4) is 0 Å². The Morgan fingerprint density at radius 3 is 2.60 bits per heavy atom. The summed E-state index contributed by atoms with van der Waals surface area (Å²) in [4.78, 5) is 23.8. The number of likely N-dealkylation sites (N-methyl/N-ethyl adjacent to an activating group) is 1. The number of carbonyl (C=O) groups excluding carboxylic acids is 1. The number of amides is 1. The Labute approximate surface area is 89.4 Å². The molecule has 5 nitrogen and oxygen atoms in total. The summed E-state index contributed by atoms with van der Waals surface area (Å²) in [6, 6.07) is 0. The summed E-state index contributed by atoms with van der Waals surface area (Å²) in [7, 11) is 0. The molecule has 1 aliphatic heterocycles. The van der Waals surface area contributed by atoms with E-state index in [1.165, 1.54) is 0 Å². The van der Waals surface area contributed by atoms with Crippen molar-refractivity contribution in [3.05, 3.63) is 0 Å². The van der Waals surface area contributed by atoms with Crippen molar-refractivity contribution in [3.63, 3.8) is 0 Å². The van der Waals surface area contributed by atoms with Gasteiger partial charge in [0, 0.05) is 19.0 Å². The second-order valence-electron chi connectivity index (χ2n) is 3.97. The van der Waals surface area contributed by atoms with E-state index in [9.17, 15) is 9.59 Å². The first-order chi connectivity index (χ1) is 7.06. The highest BCUT2D eigenvalue weighted by Gasteiger charge is 2.36. The van der Waals surface area contributed by atoms with E-state index in [1.807, 2.05) is 6.92 Å². The second-order valence-corrected chi connectivity index (χ2v) is 3.97. The summed E-state index contributed by atoms with van der Waals surface area (Å²) >= 11 is 0. The molecule has 1 saturated heterocycles.